The molecule has 0 unspecified atom stereocenters. The van der Waals surface area contributed by atoms with Gasteiger partial charge in [0, 0.05) is 11.4 Å². The average Bonchev–Trinajstić information content (AvgIpc) is 3.21. The minimum absolute atomic E-state index is 0.114. The molecule has 0 fully saturated rings. The molecule has 22 heavy (non-hydrogen) atoms. The van der Waals surface area contributed by atoms with Crippen molar-refractivity contribution in [2.24, 2.45) is 0 Å². The molecule has 1 amide bonds. The summed E-state index contributed by atoms with van der Waals surface area (Å²) in [6.45, 7) is 1.08. The van der Waals surface area contributed by atoms with Gasteiger partial charge in [0.15, 0.2) is 0 Å². The largest absolute Gasteiger partial charge is 0.467 e. The number of thiophene rings is 1. The molecule has 112 valence electrons. The van der Waals surface area contributed by atoms with Crippen LogP contribution in [0.15, 0.2) is 70.7 Å². The first-order valence-electron chi connectivity index (χ1n) is 7.18. The van der Waals surface area contributed by atoms with E-state index in [-0.39, 0.29) is 5.91 Å². The number of rotatable bonds is 6. The van der Waals surface area contributed by atoms with Crippen molar-refractivity contribution in [2.45, 2.75) is 19.5 Å². The van der Waals surface area contributed by atoms with Gasteiger partial charge in [-0.3, -0.25) is 4.79 Å². The number of benzene rings is 1. The Morgan fingerprint density at radius 3 is 2.55 bits per heavy atom. The van der Waals surface area contributed by atoms with Crippen LogP contribution in [0.5, 0.6) is 0 Å². The first-order chi connectivity index (χ1) is 10.8. The molecule has 0 spiro atoms. The van der Waals surface area contributed by atoms with Crippen LogP contribution in [-0.2, 0) is 24.3 Å². The summed E-state index contributed by atoms with van der Waals surface area (Å²) in [7, 11) is 0. The number of furan rings is 1. The normalized spacial score (nSPS) is 10.5. The molecule has 3 rings (SSSR count). The van der Waals surface area contributed by atoms with Crippen molar-refractivity contribution in [1.29, 1.82) is 0 Å². The van der Waals surface area contributed by atoms with E-state index >= 15 is 0 Å². The van der Waals surface area contributed by atoms with Gasteiger partial charge < -0.3 is 9.32 Å². The highest BCUT2D eigenvalue weighted by atomic mass is 32.1. The Kier molecular flexibility index (Phi) is 4.71. The van der Waals surface area contributed by atoms with Crippen LogP contribution in [0.3, 0.4) is 0 Å². The second-order valence-corrected chi connectivity index (χ2v) is 6.10. The van der Waals surface area contributed by atoms with Crippen molar-refractivity contribution in [3.05, 3.63) is 82.4 Å². The summed E-state index contributed by atoms with van der Waals surface area (Å²) >= 11 is 1.61. The number of amides is 1. The maximum atomic E-state index is 12.6. The first kappa shape index (κ1) is 14.6. The molecule has 0 atom stereocenters. The Morgan fingerprint density at radius 1 is 1.00 bits per heavy atom. The van der Waals surface area contributed by atoms with E-state index in [9.17, 15) is 4.79 Å². The van der Waals surface area contributed by atoms with Crippen LogP contribution in [0, 0.1) is 0 Å². The lowest BCUT2D eigenvalue weighted by Crippen LogP contribution is -2.31. The summed E-state index contributed by atoms with van der Waals surface area (Å²) in [6, 6.07) is 17.7. The fourth-order valence-electron chi connectivity index (χ4n) is 2.30. The molecular weight excluding hydrogens is 294 g/mol. The minimum Gasteiger partial charge on any atom is -0.467 e. The third-order valence-electron chi connectivity index (χ3n) is 3.40. The molecule has 0 saturated heterocycles. The smallest absolute Gasteiger partial charge is 0.228 e. The SMILES string of the molecule is O=C(Cc1cccs1)N(Cc1ccccc1)Cc1ccco1. The Balaban J connectivity index is 1.74. The molecule has 2 aromatic heterocycles. The van der Waals surface area contributed by atoms with Crippen LogP contribution in [-0.4, -0.2) is 10.8 Å². The standard InChI is InChI=1S/C18H17NO2S/c20-18(12-17-9-5-11-22-17)19(14-16-8-4-10-21-16)13-15-6-2-1-3-7-15/h1-11H,12-14H2. The van der Waals surface area contributed by atoms with E-state index in [2.05, 4.69) is 0 Å². The highest BCUT2D eigenvalue weighted by molar-refractivity contribution is 7.10. The minimum atomic E-state index is 0.114. The Labute approximate surface area is 133 Å². The van der Waals surface area contributed by atoms with Crippen molar-refractivity contribution in [1.82, 2.24) is 4.90 Å². The summed E-state index contributed by atoms with van der Waals surface area (Å²) in [4.78, 5) is 15.6. The second-order valence-electron chi connectivity index (χ2n) is 5.07. The number of carbonyl (C=O) groups is 1. The molecule has 0 saturated carbocycles. The van der Waals surface area contributed by atoms with Crippen molar-refractivity contribution in [3.63, 3.8) is 0 Å². The third kappa shape index (κ3) is 3.86. The molecule has 3 aromatic rings. The summed E-state index contributed by atoms with van der Waals surface area (Å²) < 4.78 is 5.40. The topological polar surface area (TPSA) is 33.5 Å². The number of carbonyl (C=O) groups excluding carboxylic acids is 1. The Morgan fingerprint density at radius 2 is 1.86 bits per heavy atom. The van der Waals surface area contributed by atoms with Gasteiger partial charge in [-0.15, -0.1) is 11.3 Å². The Bertz CT molecular complexity index is 690. The summed E-state index contributed by atoms with van der Waals surface area (Å²) in [5, 5.41) is 2.00. The van der Waals surface area contributed by atoms with Crippen LogP contribution in [0.25, 0.3) is 0 Å². The molecule has 0 aliphatic carbocycles. The van der Waals surface area contributed by atoms with Gasteiger partial charge in [-0.2, -0.15) is 0 Å². The van der Waals surface area contributed by atoms with Gasteiger partial charge in [-0.05, 0) is 29.1 Å². The van der Waals surface area contributed by atoms with Crippen LogP contribution in [0.2, 0.25) is 0 Å². The first-order valence-corrected chi connectivity index (χ1v) is 8.06. The summed E-state index contributed by atoms with van der Waals surface area (Å²) in [5.74, 6) is 0.915. The van der Waals surface area contributed by atoms with E-state index in [0.29, 0.717) is 19.5 Å². The zero-order valence-corrected chi connectivity index (χ0v) is 13.0. The fraction of sp³-hybridized carbons (Fsp3) is 0.167. The number of hydrogen-bond acceptors (Lipinski definition) is 3. The Hall–Kier alpha value is -2.33. The van der Waals surface area contributed by atoms with Gasteiger partial charge >= 0.3 is 0 Å². The lowest BCUT2D eigenvalue weighted by molar-refractivity contribution is -0.131. The fourth-order valence-corrected chi connectivity index (χ4v) is 3.00. The van der Waals surface area contributed by atoms with Crippen LogP contribution >= 0.6 is 11.3 Å². The lowest BCUT2D eigenvalue weighted by Gasteiger charge is -2.21. The molecule has 0 radical (unpaired) electrons. The van der Waals surface area contributed by atoms with Crippen LogP contribution in [0.4, 0.5) is 0 Å². The maximum absolute atomic E-state index is 12.6. The van der Waals surface area contributed by atoms with Gasteiger partial charge in [0.05, 0.1) is 19.2 Å². The van der Waals surface area contributed by atoms with E-state index in [1.54, 1.807) is 17.6 Å². The van der Waals surface area contributed by atoms with Crippen molar-refractivity contribution >= 4 is 17.2 Å². The number of nitrogens with zero attached hydrogens (tertiary/aromatic N) is 1. The van der Waals surface area contributed by atoms with E-state index in [0.717, 1.165) is 16.2 Å². The molecule has 0 aliphatic heterocycles. The van der Waals surface area contributed by atoms with E-state index in [1.165, 1.54) is 0 Å². The molecule has 0 bridgehead atoms. The maximum Gasteiger partial charge on any atom is 0.228 e. The van der Waals surface area contributed by atoms with Crippen molar-refractivity contribution in [3.8, 4) is 0 Å². The summed E-state index contributed by atoms with van der Waals surface area (Å²) in [5.41, 5.74) is 1.12. The zero-order chi connectivity index (χ0) is 15.2. The third-order valence-corrected chi connectivity index (χ3v) is 4.28. The number of hydrogen-bond donors (Lipinski definition) is 0. The highest BCUT2D eigenvalue weighted by Gasteiger charge is 2.16. The van der Waals surface area contributed by atoms with Crippen LogP contribution in [0.1, 0.15) is 16.2 Å². The van der Waals surface area contributed by atoms with E-state index in [1.807, 2.05) is 64.9 Å². The molecule has 1 aromatic carbocycles. The van der Waals surface area contributed by atoms with Gasteiger partial charge in [0.1, 0.15) is 5.76 Å². The molecule has 0 N–H and O–H groups in total. The predicted octanol–water partition coefficient (Wildman–Crippen LogP) is 4.11. The van der Waals surface area contributed by atoms with Gasteiger partial charge in [0.2, 0.25) is 5.91 Å². The quantitative estimate of drug-likeness (QED) is 0.686. The molecular formula is C18H17NO2S. The average molecular weight is 311 g/mol. The van der Waals surface area contributed by atoms with E-state index in [4.69, 9.17) is 4.42 Å². The van der Waals surface area contributed by atoms with Gasteiger partial charge in [-0.1, -0.05) is 36.4 Å². The monoisotopic (exact) mass is 311 g/mol. The molecule has 3 nitrogen and oxygen atoms in total. The van der Waals surface area contributed by atoms with Gasteiger partial charge in [-0.25, -0.2) is 0 Å². The second kappa shape index (κ2) is 7.09. The van der Waals surface area contributed by atoms with Gasteiger partial charge in [0.25, 0.3) is 0 Å². The summed E-state index contributed by atoms with van der Waals surface area (Å²) in [6.07, 6.45) is 2.07. The predicted molar refractivity (Wildman–Crippen MR) is 87.4 cm³/mol. The zero-order valence-electron chi connectivity index (χ0n) is 12.1. The van der Waals surface area contributed by atoms with Crippen molar-refractivity contribution in [2.75, 3.05) is 0 Å². The highest BCUT2D eigenvalue weighted by Crippen LogP contribution is 2.15. The molecule has 0 aliphatic rings. The van der Waals surface area contributed by atoms with Crippen molar-refractivity contribution < 1.29 is 9.21 Å². The molecule has 4 heteroatoms. The lowest BCUT2D eigenvalue weighted by atomic mass is 10.2. The van der Waals surface area contributed by atoms with E-state index < -0.39 is 0 Å². The van der Waals surface area contributed by atoms with Crippen LogP contribution < -0.4 is 0 Å². The molecule has 2 heterocycles.